The van der Waals surface area contributed by atoms with Crippen molar-refractivity contribution in [1.82, 2.24) is 24.9 Å². The van der Waals surface area contributed by atoms with Gasteiger partial charge in [-0.05, 0) is 31.7 Å². The summed E-state index contributed by atoms with van der Waals surface area (Å²) in [6.45, 7) is 1.98. The van der Waals surface area contributed by atoms with E-state index < -0.39 is 11.9 Å². The maximum atomic E-state index is 12.7. The maximum absolute atomic E-state index is 12.7. The van der Waals surface area contributed by atoms with E-state index >= 15 is 0 Å². The number of hydrogen-bond acceptors (Lipinski definition) is 7. The van der Waals surface area contributed by atoms with E-state index in [4.69, 9.17) is 5.73 Å². The van der Waals surface area contributed by atoms with E-state index in [1.165, 1.54) is 0 Å². The number of aromatic nitrogens is 5. The highest BCUT2D eigenvalue weighted by molar-refractivity contribution is 5.49. The van der Waals surface area contributed by atoms with E-state index in [0.717, 1.165) is 25.1 Å². The molecule has 1 saturated carbocycles. The molecule has 0 aromatic carbocycles. The molecule has 0 bridgehead atoms. The number of anilines is 2. The van der Waals surface area contributed by atoms with Gasteiger partial charge in [0.25, 0.3) is 0 Å². The van der Waals surface area contributed by atoms with Gasteiger partial charge in [-0.1, -0.05) is 0 Å². The number of nitrogens with one attached hydrogen (secondary N) is 1. The fourth-order valence-electron chi connectivity index (χ4n) is 2.10. The first kappa shape index (κ1) is 15.4. The largest absolute Gasteiger partial charge is 0.433 e. The van der Waals surface area contributed by atoms with Crippen molar-refractivity contribution in [3.05, 3.63) is 18.0 Å². The van der Waals surface area contributed by atoms with Crippen LogP contribution in [0.4, 0.5) is 25.1 Å². The Hall–Kier alpha value is -2.52. The van der Waals surface area contributed by atoms with E-state index in [2.05, 4.69) is 30.2 Å². The SMILES string of the molecule is CC(Nc1nc(N)nc(-c2nccc(C(F)(F)F)n2)n1)C1CC1. The van der Waals surface area contributed by atoms with Gasteiger partial charge in [0.1, 0.15) is 5.69 Å². The smallest absolute Gasteiger partial charge is 0.368 e. The predicted molar refractivity (Wildman–Crippen MR) is 76.1 cm³/mol. The average Bonchev–Trinajstić information content (AvgIpc) is 3.30. The minimum Gasteiger partial charge on any atom is -0.368 e. The van der Waals surface area contributed by atoms with Gasteiger partial charge in [-0.25, -0.2) is 9.97 Å². The Morgan fingerprint density at radius 2 is 1.91 bits per heavy atom. The van der Waals surface area contributed by atoms with Gasteiger partial charge in [-0.15, -0.1) is 0 Å². The van der Waals surface area contributed by atoms with Crippen molar-refractivity contribution < 1.29 is 13.2 Å². The zero-order valence-corrected chi connectivity index (χ0v) is 12.2. The summed E-state index contributed by atoms with van der Waals surface area (Å²) >= 11 is 0. The summed E-state index contributed by atoms with van der Waals surface area (Å²) in [5.41, 5.74) is 4.54. The lowest BCUT2D eigenvalue weighted by Gasteiger charge is -2.13. The van der Waals surface area contributed by atoms with E-state index in [1.807, 2.05) is 6.92 Å². The molecule has 122 valence electrons. The highest BCUT2D eigenvalue weighted by atomic mass is 19.4. The molecule has 1 aliphatic rings. The summed E-state index contributed by atoms with van der Waals surface area (Å²) in [5.74, 6) is 0.279. The van der Waals surface area contributed by atoms with Crippen LogP contribution in [0.3, 0.4) is 0 Å². The number of nitrogen functional groups attached to an aromatic ring is 1. The van der Waals surface area contributed by atoms with Crippen molar-refractivity contribution in [3.8, 4) is 11.6 Å². The molecule has 3 rings (SSSR count). The summed E-state index contributed by atoms with van der Waals surface area (Å²) in [6.07, 6.45) is -1.32. The Labute approximate surface area is 129 Å². The first-order valence-corrected chi connectivity index (χ1v) is 7.01. The normalized spacial score (nSPS) is 16.2. The second-order valence-electron chi connectivity index (χ2n) is 5.37. The Bertz CT molecular complexity index is 715. The van der Waals surface area contributed by atoms with Crippen LogP contribution in [-0.2, 0) is 6.18 Å². The molecule has 1 aliphatic carbocycles. The predicted octanol–water partition coefficient (Wildman–Crippen LogP) is 2.14. The second kappa shape index (κ2) is 5.60. The highest BCUT2D eigenvalue weighted by Gasteiger charge is 2.33. The van der Waals surface area contributed by atoms with Crippen LogP contribution in [0.5, 0.6) is 0 Å². The molecule has 2 aromatic rings. The van der Waals surface area contributed by atoms with E-state index in [9.17, 15) is 13.2 Å². The number of hydrogen-bond donors (Lipinski definition) is 2. The fraction of sp³-hybridized carbons (Fsp3) is 0.462. The van der Waals surface area contributed by atoms with Gasteiger partial charge in [0.15, 0.2) is 5.82 Å². The number of halogens is 3. The third-order valence-corrected chi connectivity index (χ3v) is 3.48. The van der Waals surface area contributed by atoms with Crippen LogP contribution in [-0.4, -0.2) is 31.0 Å². The van der Waals surface area contributed by atoms with Gasteiger partial charge < -0.3 is 11.1 Å². The third-order valence-electron chi connectivity index (χ3n) is 3.48. The van der Waals surface area contributed by atoms with Gasteiger partial charge in [0.05, 0.1) is 0 Å². The number of nitrogens with two attached hydrogens (primary N) is 1. The molecule has 0 spiro atoms. The van der Waals surface area contributed by atoms with Gasteiger partial charge in [0, 0.05) is 12.2 Å². The monoisotopic (exact) mass is 325 g/mol. The Morgan fingerprint density at radius 3 is 2.57 bits per heavy atom. The van der Waals surface area contributed by atoms with Crippen LogP contribution in [0.15, 0.2) is 12.3 Å². The van der Waals surface area contributed by atoms with Crippen LogP contribution < -0.4 is 11.1 Å². The van der Waals surface area contributed by atoms with E-state index in [-0.39, 0.29) is 29.6 Å². The summed E-state index contributed by atoms with van der Waals surface area (Å²) in [4.78, 5) is 19.1. The number of rotatable bonds is 4. The van der Waals surface area contributed by atoms with Crippen molar-refractivity contribution in [1.29, 1.82) is 0 Å². The quantitative estimate of drug-likeness (QED) is 0.887. The van der Waals surface area contributed by atoms with E-state index in [1.54, 1.807) is 0 Å². The van der Waals surface area contributed by atoms with Crippen molar-refractivity contribution in [2.75, 3.05) is 11.1 Å². The summed E-state index contributed by atoms with van der Waals surface area (Å²) in [7, 11) is 0. The molecule has 1 fully saturated rings. The molecule has 7 nitrogen and oxygen atoms in total. The molecule has 3 N–H and O–H groups in total. The lowest BCUT2D eigenvalue weighted by Crippen LogP contribution is -2.20. The molecule has 0 radical (unpaired) electrons. The van der Waals surface area contributed by atoms with Crippen LogP contribution >= 0.6 is 0 Å². The molecular weight excluding hydrogens is 311 g/mol. The fourth-order valence-corrected chi connectivity index (χ4v) is 2.10. The molecule has 2 aromatic heterocycles. The van der Waals surface area contributed by atoms with Crippen LogP contribution in [0.25, 0.3) is 11.6 Å². The molecule has 2 heterocycles. The van der Waals surface area contributed by atoms with Gasteiger partial charge >= 0.3 is 6.18 Å². The van der Waals surface area contributed by atoms with Crippen molar-refractivity contribution in [2.24, 2.45) is 5.92 Å². The zero-order valence-electron chi connectivity index (χ0n) is 12.2. The van der Waals surface area contributed by atoms with Gasteiger partial charge in [-0.2, -0.15) is 28.1 Å². The lowest BCUT2D eigenvalue weighted by atomic mass is 10.2. The molecule has 0 saturated heterocycles. The average molecular weight is 325 g/mol. The third kappa shape index (κ3) is 3.63. The van der Waals surface area contributed by atoms with Crippen molar-refractivity contribution >= 4 is 11.9 Å². The topological polar surface area (TPSA) is 102 Å². The Morgan fingerprint density at radius 1 is 1.17 bits per heavy atom. The van der Waals surface area contributed by atoms with Crippen LogP contribution in [0.1, 0.15) is 25.5 Å². The van der Waals surface area contributed by atoms with E-state index in [0.29, 0.717) is 5.92 Å². The Kier molecular flexibility index (Phi) is 3.74. The lowest BCUT2D eigenvalue weighted by molar-refractivity contribution is -0.141. The highest BCUT2D eigenvalue weighted by Crippen LogP contribution is 2.33. The maximum Gasteiger partial charge on any atom is 0.433 e. The van der Waals surface area contributed by atoms with Crippen molar-refractivity contribution in [3.63, 3.8) is 0 Å². The molecular formula is C13H14F3N7. The molecule has 0 aliphatic heterocycles. The van der Waals surface area contributed by atoms with Gasteiger partial charge in [-0.3, -0.25) is 0 Å². The first-order valence-electron chi connectivity index (χ1n) is 7.01. The minimum atomic E-state index is -4.57. The van der Waals surface area contributed by atoms with Crippen molar-refractivity contribution in [2.45, 2.75) is 32.0 Å². The zero-order chi connectivity index (χ0) is 16.6. The van der Waals surface area contributed by atoms with Gasteiger partial charge in [0.2, 0.25) is 17.7 Å². The molecule has 23 heavy (non-hydrogen) atoms. The summed E-state index contributed by atoms with van der Waals surface area (Å²) in [5, 5.41) is 3.08. The first-order chi connectivity index (χ1) is 10.8. The molecule has 10 heteroatoms. The Balaban J connectivity index is 1.91. The molecule has 1 atom stereocenters. The number of nitrogens with zero attached hydrogens (tertiary/aromatic N) is 5. The standard InChI is InChI=1S/C13H14F3N7/c1-6(7-2-3-7)19-12-22-10(21-11(17)23-12)9-18-5-4-8(20-9)13(14,15)16/h4-7H,2-3H2,1H3,(H3,17,19,21,22,23). The van der Waals surface area contributed by atoms with Crippen LogP contribution in [0.2, 0.25) is 0 Å². The summed E-state index contributed by atoms with van der Waals surface area (Å²) < 4.78 is 38.2. The number of alkyl halides is 3. The summed E-state index contributed by atoms with van der Waals surface area (Å²) in [6, 6.07) is 0.926. The molecule has 1 unspecified atom stereocenters. The van der Waals surface area contributed by atoms with Crippen LogP contribution in [0, 0.1) is 5.92 Å². The second-order valence-corrected chi connectivity index (χ2v) is 5.37. The molecule has 0 amide bonds. The minimum absolute atomic E-state index is 0.103.